The third-order valence-corrected chi connectivity index (χ3v) is 5.00. The number of aryl methyl sites for hydroxylation is 3. The van der Waals surface area contributed by atoms with Crippen LogP contribution in [0.4, 0.5) is 4.39 Å². The lowest BCUT2D eigenvalue weighted by atomic mass is 9.92. The van der Waals surface area contributed by atoms with E-state index in [0.717, 1.165) is 28.7 Å². The van der Waals surface area contributed by atoms with Crippen molar-refractivity contribution < 1.29 is 18.5 Å². The van der Waals surface area contributed by atoms with Crippen LogP contribution in [-0.2, 0) is 11.3 Å². The molecule has 0 aliphatic heterocycles. The van der Waals surface area contributed by atoms with Crippen LogP contribution < -0.4 is 4.74 Å². The van der Waals surface area contributed by atoms with Crippen molar-refractivity contribution in [3.05, 3.63) is 82.0 Å². The molecule has 2 aromatic carbocycles. The average Bonchev–Trinajstić information content (AvgIpc) is 3.23. The van der Waals surface area contributed by atoms with E-state index in [1.807, 2.05) is 31.2 Å². The Kier molecular flexibility index (Phi) is 7.92. The molecule has 1 heterocycles. The van der Waals surface area contributed by atoms with Crippen molar-refractivity contribution >= 4 is 11.5 Å². The van der Waals surface area contributed by atoms with Crippen molar-refractivity contribution in [1.82, 2.24) is 10.1 Å². The summed E-state index contributed by atoms with van der Waals surface area (Å²) in [5, 5.41) is 16.6. The van der Waals surface area contributed by atoms with Gasteiger partial charge >= 0.3 is 0 Å². The first-order valence-electron chi connectivity index (χ1n) is 10.4. The molecule has 1 aromatic heterocycles. The van der Waals surface area contributed by atoms with E-state index < -0.39 is 5.97 Å². The van der Waals surface area contributed by atoms with Crippen LogP contribution in [0.1, 0.15) is 52.4 Å². The van der Waals surface area contributed by atoms with Crippen LogP contribution in [0.15, 0.2) is 52.2 Å². The van der Waals surface area contributed by atoms with Crippen LogP contribution in [0.5, 0.6) is 5.75 Å². The number of hydrogen-bond donors (Lipinski definition) is 0. The molecule has 0 radical (unpaired) electrons. The zero-order valence-electron chi connectivity index (χ0n) is 19.1. The minimum absolute atomic E-state index is 0.193. The molecule has 3 rings (SSSR count). The zero-order valence-corrected chi connectivity index (χ0v) is 19.1. The third-order valence-electron chi connectivity index (χ3n) is 5.00. The fraction of sp³-hybridized carbons (Fsp3) is 0.280. The number of aromatic nitrogens is 2. The largest absolute Gasteiger partial charge is 0.496 e. The van der Waals surface area contributed by atoms with E-state index in [1.54, 1.807) is 19.1 Å². The van der Waals surface area contributed by atoms with E-state index >= 15 is 0 Å². The van der Waals surface area contributed by atoms with Gasteiger partial charge in [0.2, 0.25) is 5.89 Å². The number of unbranched alkanes of at least 4 members (excludes halogenated alkanes) is 1. The molecule has 0 atom stereocenters. The maximum atomic E-state index is 14.7. The van der Waals surface area contributed by atoms with E-state index in [0.29, 0.717) is 35.9 Å². The standard InChI is InChI=1S/C25H25FN4O3/c1-16-12-20(14-22(24(16)31-3)25(26)30-32-4)21(19-9-7-8-18(13-19)15-27)10-5-6-11-23-28-17(2)29-33-23/h7-10,12-14H,5-6,11H2,1-4H3/b21-10-,30-25-. The van der Waals surface area contributed by atoms with E-state index in [1.165, 1.54) is 14.2 Å². The Morgan fingerprint density at radius 2 is 2.03 bits per heavy atom. The van der Waals surface area contributed by atoms with Gasteiger partial charge in [0, 0.05) is 6.42 Å². The van der Waals surface area contributed by atoms with E-state index in [-0.39, 0.29) is 5.56 Å². The van der Waals surface area contributed by atoms with Crippen LogP contribution >= 0.6 is 0 Å². The predicted octanol–water partition coefficient (Wildman–Crippen LogP) is 5.30. The highest BCUT2D eigenvalue weighted by Gasteiger charge is 2.17. The van der Waals surface area contributed by atoms with Crippen LogP contribution in [0.25, 0.3) is 5.57 Å². The molecule has 0 unspecified atom stereocenters. The first-order valence-corrected chi connectivity index (χ1v) is 10.4. The summed E-state index contributed by atoms with van der Waals surface area (Å²) in [7, 11) is 2.77. The Morgan fingerprint density at radius 3 is 2.70 bits per heavy atom. The Labute approximate surface area is 192 Å². The van der Waals surface area contributed by atoms with Crippen LogP contribution in [0.3, 0.4) is 0 Å². The second kappa shape index (κ2) is 11.0. The minimum atomic E-state index is -0.781. The summed E-state index contributed by atoms with van der Waals surface area (Å²) < 4.78 is 25.3. The van der Waals surface area contributed by atoms with E-state index in [2.05, 4.69) is 32.3 Å². The van der Waals surface area contributed by atoms with Gasteiger partial charge in [-0.25, -0.2) is 0 Å². The molecule has 0 saturated carbocycles. The van der Waals surface area contributed by atoms with Crippen molar-refractivity contribution in [3.63, 3.8) is 0 Å². The lowest BCUT2D eigenvalue weighted by Crippen LogP contribution is -2.03. The molecule has 3 aromatic rings. The van der Waals surface area contributed by atoms with Crippen LogP contribution in [0, 0.1) is 25.2 Å². The van der Waals surface area contributed by atoms with Crippen LogP contribution in [-0.4, -0.2) is 30.3 Å². The highest BCUT2D eigenvalue weighted by Crippen LogP contribution is 2.33. The van der Waals surface area contributed by atoms with Gasteiger partial charge in [-0.1, -0.05) is 28.5 Å². The second-order valence-electron chi connectivity index (χ2n) is 7.38. The quantitative estimate of drug-likeness (QED) is 0.251. The smallest absolute Gasteiger partial charge is 0.260 e. The summed E-state index contributed by atoms with van der Waals surface area (Å²) >= 11 is 0. The maximum Gasteiger partial charge on any atom is 0.260 e. The number of allylic oxidation sites excluding steroid dienone is 1. The number of hydrogen-bond acceptors (Lipinski definition) is 7. The number of nitrogens with zero attached hydrogens (tertiary/aromatic N) is 4. The first kappa shape index (κ1) is 23.7. The highest BCUT2D eigenvalue weighted by molar-refractivity contribution is 5.98. The number of ether oxygens (including phenoxy) is 1. The van der Waals surface area contributed by atoms with Crippen molar-refractivity contribution in [2.75, 3.05) is 14.2 Å². The summed E-state index contributed by atoms with van der Waals surface area (Å²) in [4.78, 5) is 8.85. The highest BCUT2D eigenvalue weighted by atomic mass is 19.1. The molecule has 0 fully saturated rings. The predicted molar refractivity (Wildman–Crippen MR) is 123 cm³/mol. The monoisotopic (exact) mass is 448 g/mol. The topological polar surface area (TPSA) is 93.5 Å². The van der Waals surface area contributed by atoms with Gasteiger partial charge in [0.05, 0.1) is 24.3 Å². The lowest BCUT2D eigenvalue weighted by Gasteiger charge is -2.15. The molecule has 0 amide bonds. The SMILES string of the molecule is CO/N=C(\F)c1cc(/C(=C\CCCc2nc(C)no2)c2cccc(C#N)c2)cc(C)c1OC. The molecule has 170 valence electrons. The molecule has 0 bridgehead atoms. The summed E-state index contributed by atoms with van der Waals surface area (Å²) in [5.74, 6) is 0.801. The van der Waals surface area contributed by atoms with Crippen molar-refractivity contribution in [2.24, 2.45) is 5.16 Å². The number of benzene rings is 2. The minimum Gasteiger partial charge on any atom is -0.496 e. The van der Waals surface area contributed by atoms with Gasteiger partial charge in [-0.3, -0.25) is 0 Å². The maximum absolute atomic E-state index is 14.7. The van der Waals surface area contributed by atoms with Crippen molar-refractivity contribution in [3.8, 4) is 11.8 Å². The first-order chi connectivity index (χ1) is 16.0. The second-order valence-corrected chi connectivity index (χ2v) is 7.38. The number of nitriles is 1. The number of halogens is 1. The number of oxime groups is 1. The molecule has 0 aliphatic carbocycles. The molecule has 0 aliphatic rings. The summed E-state index contributed by atoms with van der Waals surface area (Å²) in [6, 6.07) is 13.1. The fourth-order valence-corrected chi connectivity index (χ4v) is 3.58. The number of rotatable bonds is 9. The lowest BCUT2D eigenvalue weighted by molar-refractivity contribution is 0.209. The van der Waals surface area contributed by atoms with Gasteiger partial charge < -0.3 is 14.1 Å². The molecular formula is C25H25FN4O3. The molecule has 0 spiro atoms. The summed E-state index contributed by atoms with van der Waals surface area (Å²) in [5.41, 5.74) is 3.97. The normalized spacial score (nSPS) is 11.9. The average molecular weight is 448 g/mol. The van der Waals surface area contributed by atoms with E-state index in [9.17, 15) is 9.65 Å². The Balaban J connectivity index is 2.03. The molecule has 0 saturated heterocycles. The fourth-order valence-electron chi connectivity index (χ4n) is 3.58. The molecule has 8 heteroatoms. The Morgan fingerprint density at radius 1 is 1.21 bits per heavy atom. The molecule has 7 nitrogen and oxygen atoms in total. The van der Waals surface area contributed by atoms with Gasteiger partial charge in [-0.2, -0.15) is 14.6 Å². The molecular weight excluding hydrogens is 423 g/mol. The summed E-state index contributed by atoms with van der Waals surface area (Å²) in [6.45, 7) is 3.62. The van der Waals surface area contributed by atoms with Crippen molar-refractivity contribution in [1.29, 1.82) is 5.26 Å². The summed E-state index contributed by atoms with van der Waals surface area (Å²) in [6.07, 6.45) is 4.20. The van der Waals surface area contributed by atoms with Gasteiger partial charge in [0.1, 0.15) is 12.9 Å². The van der Waals surface area contributed by atoms with Gasteiger partial charge in [0.15, 0.2) is 5.82 Å². The number of methoxy groups -OCH3 is 1. The van der Waals surface area contributed by atoms with Crippen molar-refractivity contribution in [2.45, 2.75) is 33.1 Å². The Hall–Kier alpha value is -3.99. The third kappa shape index (κ3) is 5.83. The van der Waals surface area contributed by atoms with Gasteiger partial charge in [0.25, 0.3) is 5.97 Å². The Bertz CT molecular complexity index is 1220. The van der Waals surface area contributed by atoms with Crippen LogP contribution in [0.2, 0.25) is 0 Å². The van der Waals surface area contributed by atoms with Gasteiger partial charge in [-0.05, 0) is 73.2 Å². The molecule has 33 heavy (non-hydrogen) atoms. The van der Waals surface area contributed by atoms with E-state index in [4.69, 9.17) is 9.26 Å². The van der Waals surface area contributed by atoms with Gasteiger partial charge in [-0.15, -0.1) is 0 Å². The zero-order chi connectivity index (χ0) is 23.8. The molecule has 0 N–H and O–H groups in total.